The minimum Gasteiger partial charge on any atom is -0.372 e. The van der Waals surface area contributed by atoms with E-state index in [0.29, 0.717) is 23.1 Å². The number of hydrogen-bond donors (Lipinski definition) is 0. The second kappa shape index (κ2) is 7.91. The van der Waals surface area contributed by atoms with E-state index >= 15 is 0 Å². The summed E-state index contributed by atoms with van der Waals surface area (Å²) in [4.78, 5) is 5.93. The van der Waals surface area contributed by atoms with E-state index in [9.17, 15) is 16.8 Å². The van der Waals surface area contributed by atoms with Crippen molar-refractivity contribution in [1.82, 2.24) is 4.98 Å². The van der Waals surface area contributed by atoms with Gasteiger partial charge in [0, 0.05) is 18.1 Å². The standard InChI is InChI=1S/C17H21ClN2O5S3/c1-4-27(21,22)17-19-15(28(23,24)14-7-5-13(18)6-8-14)16(26-17)20-9-11(2)25-12(3)10-20/h5-8,11-12H,4,9-10H2,1-3H3. The van der Waals surface area contributed by atoms with Crippen LogP contribution >= 0.6 is 22.9 Å². The Morgan fingerprint density at radius 2 is 1.71 bits per heavy atom. The lowest BCUT2D eigenvalue weighted by Crippen LogP contribution is -2.45. The first-order chi connectivity index (χ1) is 13.0. The van der Waals surface area contributed by atoms with E-state index in [2.05, 4.69) is 4.98 Å². The first-order valence-corrected chi connectivity index (χ1v) is 13.0. The fraction of sp³-hybridized carbons (Fsp3) is 0.471. The molecule has 0 saturated carbocycles. The third-order valence-corrected chi connectivity index (χ3v) is 9.66. The number of aromatic nitrogens is 1. The van der Waals surface area contributed by atoms with E-state index in [1.54, 1.807) is 0 Å². The van der Waals surface area contributed by atoms with Crippen LogP contribution in [0.4, 0.5) is 5.00 Å². The minimum absolute atomic E-state index is 0.0123. The van der Waals surface area contributed by atoms with Crippen LogP contribution in [-0.4, -0.2) is 52.9 Å². The molecule has 7 nitrogen and oxygen atoms in total. The molecule has 1 saturated heterocycles. The molecule has 1 aromatic carbocycles. The molecule has 1 aliphatic heterocycles. The average molecular weight is 465 g/mol. The molecule has 154 valence electrons. The summed E-state index contributed by atoms with van der Waals surface area (Å²) in [6, 6.07) is 5.73. The molecular weight excluding hydrogens is 444 g/mol. The number of rotatable bonds is 5. The Kier molecular flexibility index (Phi) is 6.07. The summed E-state index contributed by atoms with van der Waals surface area (Å²) in [6.45, 7) is 6.17. The lowest BCUT2D eigenvalue weighted by atomic mass is 10.2. The normalized spacial score (nSPS) is 21.1. The van der Waals surface area contributed by atoms with E-state index < -0.39 is 19.7 Å². The smallest absolute Gasteiger partial charge is 0.226 e. The number of sulfone groups is 2. The van der Waals surface area contributed by atoms with E-state index in [0.717, 1.165) is 11.3 Å². The Morgan fingerprint density at radius 1 is 1.14 bits per heavy atom. The number of morpholine rings is 1. The van der Waals surface area contributed by atoms with E-state index in [4.69, 9.17) is 16.3 Å². The molecule has 0 aliphatic carbocycles. The molecule has 0 spiro atoms. The highest BCUT2D eigenvalue weighted by molar-refractivity contribution is 7.94. The molecule has 2 atom stereocenters. The first kappa shape index (κ1) is 21.5. The van der Waals surface area contributed by atoms with E-state index in [1.165, 1.54) is 31.2 Å². The molecule has 1 aliphatic rings. The molecule has 28 heavy (non-hydrogen) atoms. The maximum absolute atomic E-state index is 13.2. The largest absolute Gasteiger partial charge is 0.372 e. The lowest BCUT2D eigenvalue weighted by molar-refractivity contribution is -0.00517. The monoisotopic (exact) mass is 464 g/mol. The summed E-state index contributed by atoms with van der Waals surface area (Å²) in [7, 11) is -7.68. The fourth-order valence-electron chi connectivity index (χ4n) is 2.98. The third-order valence-electron chi connectivity index (χ3n) is 4.29. The van der Waals surface area contributed by atoms with Crippen LogP contribution in [0.15, 0.2) is 38.5 Å². The summed E-state index contributed by atoms with van der Waals surface area (Å²) in [6.07, 6.45) is -0.244. The van der Waals surface area contributed by atoms with Crippen molar-refractivity contribution in [2.24, 2.45) is 0 Å². The van der Waals surface area contributed by atoms with Gasteiger partial charge in [-0.3, -0.25) is 0 Å². The van der Waals surface area contributed by atoms with E-state index in [-0.39, 0.29) is 32.2 Å². The zero-order valence-electron chi connectivity index (χ0n) is 15.6. The van der Waals surface area contributed by atoms with Crippen LogP contribution in [0.2, 0.25) is 5.02 Å². The van der Waals surface area contributed by atoms with Crippen molar-refractivity contribution in [3.8, 4) is 0 Å². The lowest BCUT2D eigenvalue weighted by Gasteiger charge is -2.36. The predicted octanol–water partition coefficient (Wildman–Crippen LogP) is 3.04. The number of nitrogens with zero attached hydrogens (tertiary/aromatic N) is 2. The number of benzene rings is 1. The maximum Gasteiger partial charge on any atom is 0.226 e. The second-order valence-corrected chi connectivity index (χ2v) is 12.3. The SMILES string of the molecule is CCS(=O)(=O)c1nc(S(=O)(=O)c2ccc(Cl)cc2)c(N2CC(C)OC(C)C2)s1. The van der Waals surface area contributed by atoms with Crippen molar-refractivity contribution in [2.75, 3.05) is 23.7 Å². The van der Waals surface area contributed by atoms with Crippen LogP contribution in [0.5, 0.6) is 0 Å². The molecular formula is C17H21ClN2O5S3. The van der Waals surface area contributed by atoms with Crippen molar-refractivity contribution >= 4 is 47.6 Å². The second-order valence-electron chi connectivity index (χ2n) is 6.61. The fourth-order valence-corrected chi connectivity index (χ4v) is 7.25. The van der Waals surface area contributed by atoms with Crippen LogP contribution in [0, 0.1) is 0 Å². The summed E-state index contributed by atoms with van der Waals surface area (Å²) >= 11 is 6.76. The molecule has 1 aromatic heterocycles. The van der Waals surface area contributed by atoms with Crippen LogP contribution in [0.25, 0.3) is 0 Å². The van der Waals surface area contributed by atoms with Crippen LogP contribution < -0.4 is 4.90 Å². The van der Waals surface area contributed by atoms with Crippen LogP contribution in [0.3, 0.4) is 0 Å². The highest BCUT2D eigenvalue weighted by atomic mass is 35.5. The van der Waals surface area contributed by atoms with Gasteiger partial charge in [0.2, 0.25) is 24.0 Å². The van der Waals surface area contributed by atoms with Gasteiger partial charge in [-0.2, -0.15) is 0 Å². The van der Waals surface area contributed by atoms with Crippen molar-refractivity contribution in [1.29, 1.82) is 0 Å². The molecule has 0 radical (unpaired) electrons. The summed E-state index contributed by atoms with van der Waals surface area (Å²) in [5.41, 5.74) is 0. The van der Waals surface area contributed by atoms with Crippen molar-refractivity contribution in [3.05, 3.63) is 29.3 Å². The Bertz CT molecular complexity index is 1050. The molecule has 2 aromatic rings. The number of thiazole rings is 1. The van der Waals surface area contributed by atoms with Gasteiger partial charge in [-0.15, -0.1) is 0 Å². The zero-order chi connectivity index (χ0) is 20.7. The molecule has 11 heteroatoms. The van der Waals surface area contributed by atoms with Gasteiger partial charge in [-0.05, 0) is 38.1 Å². The maximum atomic E-state index is 13.2. The topological polar surface area (TPSA) is 93.6 Å². The summed E-state index contributed by atoms with van der Waals surface area (Å²) < 4.78 is 56.8. The Morgan fingerprint density at radius 3 is 2.25 bits per heavy atom. The van der Waals surface area contributed by atoms with Gasteiger partial charge in [-0.1, -0.05) is 29.9 Å². The summed E-state index contributed by atoms with van der Waals surface area (Å²) in [5.74, 6) is -0.156. The molecule has 2 heterocycles. The van der Waals surface area contributed by atoms with Gasteiger partial charge in [0.1, 0.15) is 5.00 Å². The van der Waals surface area contributed by atoms with Crippen LogP contribution in [-0.2, 0) is 24.4 Å². The van der Waals surface area contributed by atoms with Crippen molar-refractivity contribution in [3.63, 3.8) is 0 Å². The predicted molar refractivity (Wildman–Crippen MR) is 109 cm³/mol. The highest BCUT2D eigenvalue weighted by Crippen LogP contribution is 2.38. The van der Waals surface area contributed by atoms with Gasteiger partial charge < -0.3 is 9.64 Å². The molecule has 1 fully saturated rings. The number of hydrogen-bond acceptors (Lipinski definition) is 8. The number of ether oxygens (including phenoxy) is 1. The van der Waals surface area contributed by atoms with Crippen molar-refractivity contribution in [2.45, 2.75) is 47.2 Å². The number of anilines is 1. The van der Waals surface area contributed by atoms with Gasteiger partial charge in [0.05, 0.1) is 22.9 Å². The molecule has 2 unspecified atom stereocenters. The third kappa shape index (κ3) is 4.20. The van der Waals surface area contributed by atoms with Crippen LogP contribution in [0.1, 0.15) is 20.8 Å². The zero-order valence-corrected chi connectivity index (χ0v) is 18.8. The van der Waals surface area contributed by atoms with Crippen molar-refractivity contribution < 1.29 is 21.6 Å². The Labute approximate surface area is 174 Å². The molecule has 0 bridgehead atoms. The highest BCUT2D eigenvalue weighted by Gasteiger charge is 2.34. The van der Waals surface area contributed by atoms with E-state index in [1.807, 2.05) is 18.7 Å². The quantitative estimate of drug-likeness (QED) is 0.671. The first-order valence-electron chi connectivity index (χ1n) is 8.69. The van der Waals surface area contributed by atoms with Gasteiger partial charge in [-0.25, -0.2) is 21.8 Å². The molecule has 0 N–H and O–H groups in total. The average Bonchev–Trinajstić information content (AvgIpc) is 3.08. The molecule has 0 amide bonds. The van der Waals surface area contributed by atoms with Gasteiger partial charge in [0.15, 0.2) is 5.03 Å². The Balaban J connectivity index is 2.17. The summed E-state index contributed by atoms with van der Waals surface area (Å²) in [5, 5.41) is 0.486. The minimum atomic E-state index is -4.02. The Hall–Kier alpha value is -1.20. The molecule has 3 rings (SSSR count). The van der Waals surface area contributed by atoms with Gasteiger partial charge >= 0.3 is 0 Å². The van der Waals surface area contributed by atoms with Gasteiger partial charge in [0.25, 0.3) is 0 Å². The number of halogens is 1.